The number of carbonyl (C=O) groups is 1. The van der Waals surface area contributed by atoms with Gasteiger partial charge in [0, 0.05) is 19.8 Å². The van der Waals surface area contributed by atoms with Gasteiger partial charge < -0.3 is 10.1 Å². The van der Waals surface area contributed by atoms with E-state index in [1.165, 1.54) is 0 Å². The van der Waals surface area contributed by atoms with Crippen LogP contribution in [-0.4, -0.2) is 30.9 Å². The second-order valence-corrected chi connectivity index (χ2v) is 5.44. The van der Waals surface area contributed by atoms with E-state index < -0.39 is 0 Å². The van der Waals surface area contributed by atoms with Gasteiger partial charge in [-0.2, -0.15) is 12.6 Å². The van der Waals surface area contributed by atoms with Crippen LogP contribution in [0.15, 0.2) is 30.3 Å². The summed E-state index contributed by atoms with van der Waals surface area (Å²) in [7, 11) is 0. The molecule has 0 spiro atoms. The molecule has 4 heteroatoms. The van der Waals surface area contributed by atoms with Gasteiger partial charge in [-0.25, -0.2) is 0 Å². The predicted octanol–water partition coefficient (Wildman–Crippen LogP) is 2.85. The van der Waals surface area contributed by atoms with Gasteiger partial charge in [-0.1, -0.05) is 43.7 Å². The molecule has 0 radical (unpaired) electrons. The summed E-state index contributed by atoms with van der Waals surface area (Å²) in [5.41, 5.74) is 1.13. The molecule has 0 aromatic heterocycles. The summed E-state index contributed by atoms with van der Waals surface area (Å²) < 4.78 is 5.44. The lowest BCUT2D eigenvalue weighted by atomic mass is 10.1. The number of unbranched alkanes of at least 4 members (excludes halogenated alkanes) is 1. The number of hydrogen-bond acceptors (Lipinski definition) is 3. The average molecular weight is 295 g/mol. The summed E-state index contributed by atoms with van der Waals surface area (Å²) >= 11 is 4.36. The molecule has 112 valence electrons. The molecular formula is C16H25NO2S. The maximum Gasteiger partial charge on any atom is 0.233 e. The first kappa shape index (κ1) is 17.1. The number of hydrogen-bond donors (Lipinski definition) is 2. The van der Waals surface area contributed by atoms with E-state index in [-0.39, 0.29) is 11.2 Å². The molecular weight excluding hydrogens is 270 g/mol. The Bertz CT molecular complexity index is 370. The van der Waals surface area contributed by atoms with Gasteiger partial charge in [0.25, 0.3) is 0 Å². The quantitative estimate of drug-likeness (QED) is 0.514. The zero-order valence-corrected chi connectivity index (χ0v) is 13.1. The number of nitrogens with one attached hydrogen (secondary N) is 1. The van der Waals surface area contributed by atoms with Gasteiger partial charge in [0.1, 0.15) is 0 Å². The van der Waals surface area contributed by atoms with E-state index in [1.54, 1.807) is 0 Å². The molecule has 1 atom stereocenters. The normalized spacial score (nSPS) is 12.1. The number of thiol groups is 1. The van der Waals surface area contributed by atoms with E-state index in [4.69, 9.17) is 4.74 Å². The average Bonchev–Trinajstić information content (AvgIpc) is 2.47. The van der Waals surface area contributed by atoms with Gasteiger partial charge >= 0.3 is 0 Å². The van der Waals surface area contributed by atoms with Crippen molar-refractivity contribution in [1.29, 1.82) is 0 Å². The van der Waals surface area contributed by atoms with Gasteiger partial charge in [-0.15, -0.1) is 0 Å². The van der Waals surface area contributed by atoms with E-state index >= 15 is 0 Å². The molecule has 0 aliphatic carbocycles. The summed E-state index contributed by atoms with van der Waals surface area (Å²) in [5.74, 6) is -0.00857. The zero-order chi connectivity index (χ0) is 14.6. The largest absolute Gasteiger partial charge is 0.381 e. The fourth-order valence-corrected chi connectivity index (χ4v) is 2.08. The summed E-state index contributed by atoms with van der Waals surface area (Å²) in [4.78, 5) is 11.9. The van der Waals surface area contributed by atoms with Crippen LogP contribution in [0.3, 0.4) is 0 Å². The summed E-state index contributed by atoms with van der Waals surface area (Å²) in [5, 5.41) is 2.61. The molecule has 1 rings (SSSR count). The second-order valence-electron chi connectivity index (χ2n) is 4.82. The molecule has 1 aromatic rings. The van der Waals surface area contributed by atoms with Crippen LogP contribution < -0.4 is 5.32 Å². The van der Waals surface area contributed by atoms with Gasteiger partial charge in [0.2, 0.25) is 5.91 Å². The third-order valence-corrected chi connectivity index (χ3v) is 3.40. The molecule has 20 heavy (non-hydrogen) atoms. The van der Waals surface area contributed by atoms with E-state index in [1.807, 2.05) is 30.3 Å². The third kappa shape index (κ3) is 7.56. The van der Waals surface area contributed by atoms with Gasteiger partial charge in [0.05, 0.1) is 5.25 Å². The summed E-state index contributed by atoms with van der Waals surface area (Å²) in [6, 6.07) is 9.94. The van der Waals surface area contributed by atoms with Crippen molar-refractivity contribution in [2.45, 2.75) is 37.9 Å². The maximum absolute atomic E-state index is 11.9. The van der Waals surface area contributed by atoms with Crippen molar-refractivity contribution in [3.8, 4) is 0 Å². The highest BCUT2D eigenvalue weighted by Gasteiger charge is 2.13. The van der Waals surface area contributed by atoms with Crippen molar-refractivity contribution in [2.24, 2.45) is 0 Å². The first-order chi connectivity index (χ1) is 9.74. The first-order valence-corrected chi connectivity index (χ1v) is 7.83. The lowest BCUT2D eigenvalue weighted by molar-refractivity contribution is -0.120. The number of ether oxygens (including phenoxy) is 1. The monoisotopic (exact) mass is 295 g/mol. The van der Waals surface area contributed by atoms with Crippen LogP contribution in [0.5, 0.6) is 0 Å². The van der Waals surface area contributed by atoms with E-state index in [2.05, 4.69) is 24.9 Å². The molecule has 0 aliphatic rings. The molecule has 1 amide bonds. The smallest absolute Gasteiger partial charge is 0.233 e. The standard InChI is InChI=1S/C16H25NO2S/c1-2-3-11-19-12-7-10-17-16(18)15(20)13-14-8-5-4-6-9-14/h4-6,8-9,15,20H,2-3,7,10-13H2,1H3,(H,17,18). The van der Waals surface area contributed by atoms with Crippen LogP contribution in [-0.2, 0) is 16.0 Å². The summed E-state index contributed by atoms with van der Waals surface area (Å²) in [6.45, 7) is 4.31. The van der Waals surface area contributed by atoms with Crippen LogP contribution in [0.2, 0.25) is 0 Å². The minimum Gasteiger partial charge on any atom is -0.381 e. The second kappa shape index (κ2) is 10.7. The molecule has 0 fully saturated rings. The van der Waals surface area contributed by atoms with E-state index in [0.717, 1.165) is 31.4 Å². The van der Waals surface area contributed by atoms with Crippen molar-refractivity contribution in [1.82, 2.24) is 5.32 Å². The molecule has 0 aliphatic heterocycles. The highest BCUT2D eigenvalue weighted by molar-refractivity contribution is 7.81. The Morgan fingerprint density at radius 2 is 1.95 bits per heavy atom. The van der Waals surface area contributed by atoms with Crippen LogP contribution in [0.25, 0.3) is 0 Å². The molecule has 1 N–H and O–H groups in total. The van der Waals surface area contributed by atoms with Gasteiger partial charge in [-0.05, 0) is 24.8 Å². The maximum atomic E-state index is 11.9. The highest BCUT2D eigenvalue weighted by atomic mass is 32.1. The molecule has 0 bridgehead atoms. The first-order valence-electron chi connectivity index (χ1n) is 7.31. The molecule has 1 aromatic carbocycles. The molecule has 0 heterocycles. The van der Waals surface area contributed by atoms with Crippen molar-refractivity contribution in [2.75, 3.05) is 19.8 Å². The Hall–Kier alpha value is -1.00. The Morgan fingerprint density at radius 3 is 2.65 bits per heavy atom. The molecule has 3 nitrogen and oxygen atoms in total. The van der Waals surface area contributed by atoms with Crippen LogP contribution in [0.1, 0.15) is 31.7 Å². The van der Waals surface area contributed by atoms with Crippen LogP contribution in [0.4, 0.5) is 0 Å². The van der Waals surface area contributed by atoms with Crippen molar-refractivity contribution >= 4 is 18.5 Å². The highest BCUT2D eigenvalue weighted by Crippen LogP contribution is 2.07. The van der Waals surface area contributed by atoms with Crippen molar-refractivity contribution in [3.05, 3.63) is 35.9 Å². The van der Waals surface area contributed by atoms with E-state index in [9.17, 15) is 4.79 Å². The Labute approximate surface area is 127 Å². The Morgan fingerprint density at radius 1 is 1.25 bits per heavy atom. The van der Waals surface area contributed by atoms with Crippen LogP contribution >= 0.6 is 12.6 Å². The van der Waals surface area contributed by atoms with E-state index in [0.29, 0.717) is 19.6 Å². The molecule has 1 unspecified atom stereocenters. The van der Waals surface area contributed by atoms with Gasteiger partial charge in [0.15, 0.2) is 0 Å². The van der Waals surface area contributed by atoms with Crippen molar-refractivity contribution in [3.63, 3.8) is 0 Å². The van der Waals surface area contributed by atoms with Crippen LogP contribution in [0, 0.1) is 0 Å². The number of carbonyl (C=O) groups excluding carboxylic acids is 1. The number of amides is 1. The third-order valence-electron chi connectivity index (χ3n) is 2.98. The number of benzene rings is 1. The zero-order valence-electron chi connectivity index (χ0n) is 12.2. The number of rotatable bonds is 10. The summed E-state index contributed by atoms with van der Waals surface area (Å²) in [6.07, 6.45) is 3.75. The minimum absolute atomic E-state index is 0.00857. The fourth-order valence-electron chi connectivity index (χ4n) is 1.78. The fraction of sp³-hybridized carbons (Fsp3) is 0.562. The Kier molecular flexibility index (Phi) is 9.16. The topological polar surface area (TPSA) is 38.3 Å². The molecule has 0 saturated carbocycles. The molecule has 0 saturated heterocycles. The van der Waals surface area contributed by atoms with Crippen molar-refractivity contribution < 1.29 is 9.53 Å². The predicted molar refractivity (Wildman–Crippen MR) is 86.3 cm³/mol. The minimum atomic E-state index is -0.293. The lowest BCUT2D eigenvalue weighted by Crippen LogP contribution is -2.33. The van der Waals surface area contributed by atoms with Gasteiger partial charge in [-0.3, -0.25) is 4.79 Å². The lowest BCUT2D eigenvalue weighted by Gasteiger charge is -2.11. The SMILES string of the molecule is CCCCOCCCNC(=O)C(S)Cc1ccccc1. The Balaban J connectivity index is 2.10.